The molecule has 0 radical (unpaired) electrons. The number of hydrogen-bond donors (Lipinski definition) is 4. The maximum absolute atomic E-state index is 6.14. The van der Waals surface area contributed by atoms with Crippen LogP contribution in [0.4, 0.5) is 0 Å². The molecule has 0 aliphatic heterocycles. The van der Waals surface area contributed by atoms with Crippen molar-refractivity contribution in [3.63, 3.8) is 0 Å². The quantitative estimate of drug-likeness (QED) is 0.648. The Morgan fingerprint density at radius 2 is 0.913 bits per heavy atom. The summed E-state index contributed by atoms with van der Waals surface area (Å²) in [6, 6.07) is 15.8. The molecule has 2 aromatic rings. The molecule has 0 unspecified atom stereocenters. The Bertz CT molecular complexity index is 678. The number of rotatable bonds is 4. The Hall–Kier alpha value is -2.45. The zero-order valence-electron chi connectivity index (χ0n) is 13.4. The van der Waals surface area contributed by atoms with Crippen molar-refractivity contribution in [1.82, 2.24) is 0 Å². The molecule has 120 valence electrons. The van der Waals surface area contributed by atoms with Crippen LogP contribution in [-0.2, 0) is 0 Å². The fraction of sp³-hybridized carbons (Fsp3) is 0.111. The van der Waals surface area contributed by atoms with Crippen LogP contribution in [-0.4, -0.2) is 0 Å². The van der Waals surface area contributed by atoms with E-state index in [1.807, 2.05) is 62.4 Å². The van der Waals surface area contributed by atoms with Crippen LogP contribution >= 0.6 is 8.58 Å². The van der Waals surface area contributed by atoms with Gasteiger partial charge in [0.05, 0.1) is 22.3 Å². The lowest BCUT2D eigenvalue weighted by Gasteiger charge is -2.11. The minimum absolute atomic E-state index is 0.0508. The van der Waals surface area contributed by atoms with Crippen LogP contribution in [0.1, 0.15) is 22.3 Å². The summed E-state index contributed by atoms with van der Waals surface area (Å²) in [6.07, 6.45) is 0. The maximum atomic E-state index is 6.14. The average Bonchev–Trinajstić information content (AvgIpc) is 2.54. The summed E-state index contributed by atoms with van der Waals surface area (Å²) in [6.45, 7) is 4.05. The van der Waals surface area contributed by atoms with Gasteiger partial charge in [-0.25, -0.2) is 0 Å². The van der Waals surface area contributed by atoms with Crippen molar-refractivity contribution in [2.45, 2.75) is 13.8 Å². The molecule has 8 N–H and O–H groups in total. The molecule has 0 saturated carbocycles. The Labute approximate surface area is 139 Å². The molecule has 0 bridgehead atoms. The maximum Gasteiger partial charge on any atom is 0.0626 e. The summed E-state index contributed by atoms with van der Waals surface area (Å²) < 4.78 is 0. The summed E-state index contributed by atoms with van der Waals surface area (Å²) in [5.41, 5.74) is 30.8. The van der Waals surface area contributed by atoms with Crippen molar-refractivity contribution in [1.29, 1.82) is 0 Å². The van der Waals surface area contributed by atoms with Crippen LogP contribution in [0.25, 0.3) is 11.4 Å². The van der Waals surface area contributed by atoms with Gasteiger partial charge in [0, 0.05) is 0 Å². The van der Waals surface area contributed by atoms with Gasteiger partial charge in [0.1, 0.15) is 0 Å². The van der Waals surface area contributed by atoms with Crippen molar-refractivity contribution in [3.8, 4) is 0 Å². The normalized spacial score (nSPS) is 13.3. The summed E-state index contributed by atoms with van der Waals surface area (Å²) >= 11 is 0. The second-order valence-electron chi connectivity index (χ2n) is 5.51. The van der Waals surface area contributed by atoms with Crippen molar-refractivity contribution in [2.24, 2.45) is 22.9 Å². The number of aryl methyl sites for hydroxylation is 2. The first-order chi connectivity index (χ1) is 10.9. The molecular formula is C18H23N4P. The first-order valence-electron chi connectivity index (χ1n) is 7.30. The molecule has 0 saturated heterocycles. The van der Waals surface area contributed by atoms with E-state index < -0.39 is 0 Å². The van der Waals surface area contributed by atoms with Gasteiger partial charge in [-0.3, -0.25) is 0 Å². The van der Waals surface area contributed by atoms with E-state index in [-0.39, 0.29) is 8.58 Å². The minimum atomic E-state index is 0.0508. The lowest BCUT2D eigenvalue weighted by molar-refractivity contribution is 1.38. The van der Waals surface area contributed by atoms with Gasteiger partial charge in [-0.05, 0) is 33.6 Å². The highest BCUT2D eigenvalue weighted by molar-refractivity contribution is 7.48. The standard InChI is InChI=1S/C18H23N4P/c1-11-3-7-13(8-4-11)15(19)17(21)23-18(22)16(20)14-9-5-12(2)6-10-14/h3-10,23H,19-22H2,1-2H3/b17-15-,18-16-. The number of nitrogens with two attached hydrogens (primary N) is 4. The molecule has 5 heteroatoms. The van der Waals surface area contributed by atoms with Crippen LogP contribution in [0.3, 0.4) is 0 Å². The van der Waals surface area contributed by atoms with E-state index in [0.29, 0.717) is 22.3 Å². The third kappa shape index (κ3) is 4.27. The Kier molecular flexibility index (Phi) is 5.30. The first kappa shape index (κ1) is 16.9. The lowest BCUT2D eigenvalue weighted by atomic mass is 10.1. The molecule has 0 fully saturated rings. The third-order valence-electron chi connectivity index (χ3n) is 3.57. The second-order valence-corrected chi connectivity index (χ2v) is 6.84. The molecule has 0 atom stereocenters. The zero-order chi connectivity index (χ0) is 17.0. The summed E-state index contributed by atoms with van der Waals surface area (Å²) in [7, 11) is 0.0508. The minimum Gasteiger partial charge on any atom is -0.397 e. The van der Waals surface area contributed by atoms with E-state index in [9.17, 15) is 0 Å². The lowest BCUT2D eigenvalue weighted by Crippen LogP contribution is -2.10. The van der Waals surface area contributed by atoms with Crippen LogP contribution in [0, 0.1) is 13.8 Å². The van der Waals surface area contributed by atoms with Crippen molar-refractivity contribution in [2.75, 3.05) is 0 Å². The Morgan fingerprint density at radius 1 is 0.609 bits per heavy atom. The van der Waals surface area contributed by atoms with E-state index >= 15 is 0 Å². The van der Waals surface area contributed by atoms with E-state index in [0.717, 1.165) is 11.1 Å². The Balaban J connectivity index is 2.25. The SMILES string of the molecule is Cc1ccc(/C(N)=C(\N)P/C(N)=C(\N)c2ccc(C)cc2)cc1. The summed E-state index contributed by atoms with van der Waals surface area (Å²) in [5.74, 6) is 0. The van der Waals surface area contributed by atoms with Gasteiger partial charge in [-0.15, -0.1) is 0 Å². The van der Waals surface area contributed by atoms with Gasteiger partial charge < -0.3 is 22.9 Å². The number of hydrogen-bond acceptors (Lipinski definition) is 4. The molecule has 0 amide bonds. The Morgan fingerprint density at radius 3 is 1.22 bits per heavy atom. The average molecular weight is 326 g/mol. The van der Waals surface area contributed by atoms with Crippen LogP contribution in [0.15, 0.2) is 59.4 Å². The van der Waals surface area contributed by atoms with Gasteiger partial charge in [-0.1, -0.05) is 59.7 Å². The molecular weight excluding hydrogens is 303 g/mol. The van der Waals surface area contributed by atoms with Crippen LogP contribution in [0.2, 0.25) is 0 Å². The van der Waals surface area contributed by atoms with Crippen molar-refractivity contribution < 1.29 is 0 Å². The molecule has 0 aliphatic rings. The van der Waals surface area contributed by atoms with Gasteiger partial charge in [0.25, 0.3) is 0 Å². The molecule has 23 heavy (non-hydrogen) atoms. The zero-order valence-corrected chi connectivity index (χ0v) is 14.4. The fourth-order valence-corrected chi connectivity index (χ4v) is 2.91. The first-order valence-corrected chi connectivity index (χ1v) is 8.30. The predicted octanol–water partition coefficient (Wildman–Crippen LogP) is 2.77. The smallest absolute Gasteiger partial charge is 0.0626 e. The highest BCUT2D eigenvalue weighted by atomic mass is 31.1. The predicted molar refractivity (Wildman–Crippen MR) is 101 cm³/mol. The highest BCUT2D eigenvalue weighted by Gasteiger charge is 2.08. The molecule has 0 aromatic heterocycles. The summed E-state index contributed by atoms with van der Waals surface area (Å²) in [4.78, 5) is 0. The van der Waals surface area contributed by atoms with Gasteiger partial charge >= 0.3 is 0 Å². The fourth-order valence-electron chi connectivity index (χ4n) is 2.06. The number of benzene rings is 2. The van der Waals surface area contributed by atoms with Crippen molar-refractivity contribution >= 4 is 20.0 Å². The second kappa shape index (κ2) is 7.21. The highest BCUT2D eigenvalue weighted by Crippen LogP contribution is 2.33. The van der Waals surface area contributed by atoms with Gasteiger partial charge in [0.15, 0.2) is 0 Å². The van der Waals surface area contributed by atoms with E-state index in [2.05, 4.69) is 0 Å². The molecule has 0 heterocycles. The molecule has 0 aliphatic carbocycles. The molecule has 2 rings (SSSR count). The van der Waals surface area contributed by atoms with Gasteiger partial charge in [0.2, 0.25) is 0 Å². The van der Waals surface area contributed by atoms with Crippen LogP contribution in [0.5, 0.6) is 0 Å². The van der Waals surface area contributed by atoms with E-state index in [1.54, 1.807) is 0 Å². The van der Waals surface area contributed by atoms with Gasteiger partial charge in [-0.2, -0.15) is 0 Å². The summed E-state index contributed by atoms with van der Waals surface area (Å²) in [5, 5.41) is 0. The molecule has 2 aromatic carbocycles. The molecule has 4 nitrogen and oxygen atoms in total. The van der Waals surface area contributed by atoms with E-state index in [1.165, 1.54) is 11.1 Å². The van der Waals surface area contributed by atoms with E-state index in [4.69, 9.17) is 22.9 Å². The van der Waals surface area contributed by atoms with Crippen LogP contribution < -0.4 is 22.9 Å². The largest absolute Gasteiger partial charge is 0.397 e. The topological polar surface area (TPSA) is 104 Å². The monoisotopic (exact) mass is 326 g/mol. The molecule has 0 spiro atoms. The third-order valence-corrected chi connectivity index (χ3v) is 4.65. The van der Waals surface area contributed by atoms with Crippen molar-refractivity contribution in [3.05, 3.63) is 81.7 Å².